The van der Waals surface area contributed by atoms with E-state index in [0.29, 0.717) is 17.3 Å². The minimum Gasteiger partial charge on any atom is -0.363 e. The molecule has 0 saturated carbocycles. The Kier molecular flexibility index (Phi) is 4.37. The molecule has 0 amide bonds. The Bertz CT molecular complexity index is 710. The second-order valence-electron chi connectivity index (χ2n) is 4.46. The van der Waals surface area contributed by atoms with Gasteiger partial charge in [-0.15, -0.1) is 0 Å². The van der Waals surface area contributed by atoms with Crippen LogP contribution in [0.3, 0.4) is 0 Å². The van der Waals surface area contributed by atoms with E-state index in [-0.39, 0.29) is 4.90 Å². The summed E-state index contributed by atoms with van der Waals surface area (Å²) in [6.45, 7) is 2.43. The number of aromatic nitrogens is 1. The van der Waals surface area contributed by atoms with E-state index in [1.807, 2.05) is 6.92 Å². The van der Waals surface area contributed by atoms with Crippen molar-refractivity contribution < 1.29 is 8.42 Å². The first-order chi connectivity index (χ1) is 9.42. The van der Waals surface area contributed by atoms with E-state index >= 15 is 0 Å². The van der Waals surface area contributed by atoms with Crippen LogP contribution in [0.4, 0.5) is 5.69 Å². The number of nitrogens with one attached hydrogen (secondary N) is 3. The molecule has 20 heavy (non-hydrogen) atoms. The van der Waals surface area contributed by atoms with Gasteiger partial charge in [-0.3, -0.25) is 4.72 Å². The molecule has 0 fully saturated rings. The summed E-state index contributed by atoms with van der Waals surface area (Å²) in [5.74, 6) is 0. The fourth-order valence-corrected chi connectivity index (χ4v) is 2.98. The highest BCUT2D eigenvalue weighted by Gasteiger charge is 2.16. The van der Waals surface area contributed by atoms with E-state index in [0.717, 1.165) is 11.3 Å². The molecular formula is C13H16ClN3O2S. The molecular weight excluding hydrogens is 298 g/mol. The van der Waals surface area contributed by atoms with Crippen LogP contribution in [0.1, 0.15) is 11.3 Å². The maximum absolute atomic E-state index is 12.2. The van der Waals surface area contributed by atoms with Gasteiger partial charge in [0.1, 0.15) is 4.90 Å². The van der Waals surface area contributed by atoms with Gasteiger partial charge in [-0.1, -0.05) is 17.7 Å². The third-order valence-electron chi connectivity index (χ3n) is 2.82. The van der Waals surface area contributed by atoms with E-state index in [1.165, 1.54) is 6.20 Å². The van der Waals surface area contributed by atoms with Crippen LogP contribution < -0.4 is 10.0 Å². The van der Waals surface area contributed by atoms with Gasteiger partial charge in [0.2, 0.25) is 0 Å². The fraction of sp³-hybridized carbons (Fsp3) is 0.231. The van der Waals surface area contributed by atoms with Crippen LogP contribution in [0.2, 0.25) is 5.02 Å². The number of sulfonamides is 1. The second kappa shape index (κ2) is 5.87. The highest BCUT2D eigenvalue weighted by molar-refractivity contribution is 7.92. The molecule has 0 radical (unpaired) electrons. The number of halogens is 1. The van der Waals surface area contributed by atoms with Crippen LogP contribution >= 0.6 is 11.6 Å². The second-order valence-corrected chi connectivity index (χ2v) is 6.55. The standard InChI is InChI=1S/C13H16ClN3O2S/c1-9-3-4-10(6-13(9)14)17-20(18,19)12-5-11(7-15-2)16-8-12/h3-6,8,15-17H,7H2,1-2H3. The van der Waals surface area contributed by atoms with Gasteiger partial charge in [-0.05, 0) is 37.7 Å². The third-order valence-corrected chi connectivity index (χ3v) is 4.59. The first-order valence-corrected chi connectivity index (χ1v) is 7.89. The van der Waals surface area contributed by atoms with Crippen molar-refractivity contribution in [3.63, 3.8) is 0 Å². The number of hydrogen-bond acceptors (Lipinski definition) is 3. The van der Waals surface area contributed by atoms with Crippen molar-refractivity contribution >= 4 is 27.3 Å². The van der Waals surface area contributed by atoms with E-state index in [9.17, 15) is 8.42 Å². The molecule has 2 rings (SSSR count). The lowest BCUT2D eigenvalue weighted by Gasteiger charge is -2.07. The SMILES string of the molecule is CNCc1cc(S(=O)(=O)Nc2ccc(C)c(Cl)c2)c[nH]1. The van der Waals surface area contributed by atoms with Crippen LogP contribution in [0.25, 0.3) is 0 Å². The fourth-order valence-electron chi connectivity index (χ4n) is 1.74. The summed E-state index contributed by atoms with van der Waals surface area (Å²) < 4.78 is 26.9. The normalized spacial score (nSPS) is 11.6. The zero-order valence-electron chi connectivity index (χ0n) is 11.2. The number of anilines is 1. The van der Waals surface area contributed by atoms with Crippen molar-refractivity contribution in [2.75, 3.05) is 11.8 Å². The number of benzene rings is 1. The Labute approximate surface area is 123 Å². The molecule has 108 valence electrons. The maximum Gasteiger partial charge on any atom is 0.263 e. The lowest BCUT2D eigenvalue weighted by Crippen LogP contribution is -2.12. The monoisotopic (exact) mass is 313 g/mol. The molecule has 0 saturated heterocycles. The molecule has 0 spiro atoms. The van der Waals surface area contributed by atoms with Crippen LogP contribution in [-0.2, 0) is 16.6 Å². The number of H-pyrrole nitrogens is 1. The van der Waals surface area contributed by atoms with E-state index < -0.39 is 10.0 Å². The number of aryl methyl sites for hydroxylation is 1. The molecule has 1 heterocycles. The Morgan fingerprint density at radius 1 is 1.30 bits per heavy atom. The quantitative estimate of drug-likeness (QED) is 0.794. The molecule has 1 aromatic carbocycles. The zero-order chi connectivity index (χ0) is 14.8. The van der Waals surface area contributed by atoms with Gasteiger partial charge >= 0.3 is 0 Å². The zero-order valence-corrected chi connectivity index (χ0v) is 12.8. The number of aromatic amines is 1. The van der Waals surface area contributed by atoms with Gasteiger partial charge < -0.3 is 10.3 Å². The minimum absolute atomic E-state index is 0.194. The molecule has 0 unspecified atom stereocenters. The molecule has 5 nitrogen and oxygen atoms in total. The highest BCUT2D eigenvalue weighted by Crippen LogP contribution is 2.22. The Morgan fingerprint density at radius 3 is 2.70 bits per heavy atom. The summed E-state index contributed by atoms with van der Waals surface area (Å²) >= 11 is 5.98. The van der Waals surface area contributed by atoms with Gasteiger partial charge in [0.15, 0.2) is 0 Å². The highest BCUT2D eigenvalue weighted by atomic mass is 35.5. The molecule has 0 aliphatic heterocycles. The smallest absolute Gasteiger partial charge is 0.263 e. The Balaban J connectivity index is 2.23. The largest absolute Gasteiger partial charge is 0.363 e. The van der Waals surface area contributed by atoms with Crippen LogP contribution in [0.15, 0.2) is 35.4 Å². The topological polar surface area (TPSA) is 74.0 Å². The van der Waals surface area contributed by atoms with E-state index in [2.05, 4.69) is 15.0 Å². The summed E-state index contributed by atoms with van der Waals surface area (Å²) in [6.07, 6.45) is 1.46. The lowest BCUT2D eigenvalue weighted by molar-refractivity contribution is 0.601. The number of hydrogen-bond donors (Lipinski definition) is 3. The molecule has 3 N–H and O–H groups in total. The van der Waals surface area contributed by atoms with Gasteiger partial charge in [0.05, 0.1) is 5.69 Å². The Hall–Kier alpha value is -1.50. The predicted octanol–water partition coefficient (Wildman–Crippen LogP) is 2.50. The summed E-state index contributed by atoms with van der Waals surface area (Å²) in [5.41, 5.74) is 2.14. The predicted molar refractivity (Wildman–Crippen MR) is 80.6 cm³/mol. The van der Waals surface area contributed by atoms with Crippen LogP contribution in [0, 0.1) is 6.92 Å². The van der Waals surface area contributed by atoms with Gasteiger partial charge in [0.25, 0.3) is 10.0 Å². The number of rotatable bonds is 5. The van der Waals surface area contributed by atoms with Crippen molar-refractivity contribution in [3.05, 3.63) is 46.7 Å². The first kappa shape index (κ1) is 14.9. The van der Waals surface area contributed by atoms with Crippen molar-refractivity contribution in [2.45, 2.75) is 18.4 Å². The van der Waals surface area contributed by atoms with Crippen LogP contribution in [0.5, 0.6) is 0 Å². The average Bonchev–Trinajstić information content (AvgIpc) is 2.83. The van der Waals surface area contributed by atoms with Crippen molar-refractivity contribution in [2.24, 2.45) is 0 Å². The molecule has 0 aliphatic carbocycles. The van der Waals surface area contributed by atoms with Gasteiger partial charge in [-0.2, -0.15) is 0 Å². The van der Waals surface area contributed by atoms with Crippen molar-refractivity contribution in [1.29, 1.82) is 0 Å². The average molecular weight is 314 g/mol. The summed E-state index contributed by atoms with van der Waals surface area (Å²) in [6, 6.07) is 6.63. The van der Waals surface area contributed by atoms with Gasteiger partial charge in [-0.25, -0.2) is 8.42 Å². The first-order valence-electron chi connectivity index (χ1n) is 6.03. The van der Waals surface area contributed by atoms with Crippen molar-refractivity contribution in [3.8, 4) is 0 Å². The molecule has 2 aromatic rings. The van der Waals surface area contributed by atoms with Crippen LogP contribution in [-0.4, -0.2) is 20.4 Å². The summed E-state index contributed by atoms with van der Waals surface area (Å²) in [5, 5.41) is 3.47. The molecule has 7 heteroatoms. The lowest BCUT2D eigenvalue weighted by atomic mass is 10.2. The Morgan fingerprint density at radius 2 is 2.05 bits per heavy atom. The van der Waals surface area contributed by atoms with Gasteiger partial charge in [0, 0.05) is 23.5 Å². The van der Waals surface area contributed by atoms with Crippen molar-refractivity contribution in [1.82, 2.24) is 10.3 Å². The third kappa shape index (κ3) is 3.33. The molecule has 0 aliphatic rings. The summed E-state index contributed by atoms with van der Waals surface area (Å²) in [4.78, 5) is 3.11. The molecule has 1 aromatic heterocycles. The van der Waals surface area contributed by atoms with E-state index in [1.54, 1.807) is 31.3 Å². The minimum atomic E-state index is -3.61. The molecule has 0 bridgehead atoms. The molecule has 0 atom stereocenters. The summed E-state index contributed by atoms with van der Waals surface area (Å²) in [7, 11) is -1.81. The maximum atomic E-state index is 12.2. The van der Waals surface area contributed by atoms with E-state index in [4.69, 9.17) is 11.6 Å².